The Morgan fingerprint density at radius 1 is 0.944 bits per heavy atom. The van der Waals surface area contributed by atoms with Crippen LogP contribution >= 0.6 is 0 Å². The van der Waals surface area contributed by atoms with Crippen LogP contribution in [0.15, 0.2) is 42.5 Å². The fourth-order valence-corrected chi connectivity index (χ4v) is 2.58. The summed E-state index contributed by atoms with van der Waals surface area (Å²) in [5.41, 5.74) is 6.89. The van der Waals surface area contributed by atoms with Crippen molar-refractivity contribution in [2.24, 2.45) is 0 Å². The lowest BCUT2D eigenvalue weighted by Crippen LogP contribution is -1.93. The topological polar surface area (TPSA) is 44.5 Å². The highest BCUT2D eigenvalue weighted by Gasteiger charge is 2.19. The van der Waals surface area contributed by atoms with Crippen LogP contribution in [0.5, 0.6) is 11.5 Å². The van der Waals surface area contributed by atoms with Crippen molar-refractivity contribution in [2.45, 2.75) is 0 Å². The van der Waals surface area contributed by atoms with Crippen LogP contribution in [0.4, 0.5) is 5.69 Å². The van der Waals surface area contributed by atoms with E-state index in [1.807, 2.05) is 30.3 Å². The SMILES string of the molecule is Nc1cc2ccccc2c2c3c(ccc12)OCO3. The Bertz CT molecular complexity index is 780. The van der Waals surface area contributed by atoms with Gasteiger partial charge >= 0.3 is 0 Å². The zero-order valence-electron chi connectivity index (χ0n) is 9.64. The van der Waals surface area contributed by atoms with E-state index in [9.17, 15) is 0 Å². The van der Waals surface area contributed by atoms with Gasteiger partial charge in [0.1, 0.15) is 0 Å². The number of nitrogens with two attached hydrogens (primary N) is 1. The maximum atomic E-state index is 6.12. The van der Waals surface area contributed by atoms with Gasteiger partial charge in [0.25, 0.3) is 0 Å². The van der Waals surface area contributed by atoms with Gasteiger partial charge < -0.3 is 15.2 Å². The molecule has 3 nitrogen and oxygen atoms in total. The molecule has 1 aliphatic heterocycles. The largest absolute Gasteiger partial charge is 0.454 e. The first kappa shape index (κ1) is 9.59. The minimum absolute atomic E-state index is 0.275. The van der Waals surface area contributed by atoms with Gasteiger partial charge in [-0.05, 0) is 29.0 Å². The Hall–Kier alpha value is -2.42. The zero-order chi connectivity index (χ0) is 12.1. The van der Waals surface area contributed by atoms with E-state index in [1.165, 1.54) is 0 Å². The Balaban J connectivity index is 2.30. The monoisotopic (exact) mass is 237 g/mol. The molecular weight excluding hydrogens is 226 g/mol. The van der Waals surface area contributed by atoms with Crippen LogP contribution < -0.4 is 15.2 Å². The molecule has 0 fully saturated rings. The van der Waals surface area contributed by atoms with Crippen LogP contribution in [0.3, 0.4) is 0 Å². The third-order valence-corrected chi connectivity index (χ3v) is 3.39. The Labute approximate surface area is 104 Å². The van der Waals surface area contributed by atoms with Crippen LogP contribution in [-0.2, 0) is 0 Å². The Morgan fingerprint density at radius 2 is 1.83 bits per heavy atom. The lowest BCUT2D eigenvalue weighted by molar-refractivity contribution is 0.175. The van der Waals surface area contributed by atoms with Crippen LogP contribution in [0.1, 0.15) is 0 Å². The summed E-state index contributed by atoms with van der Waals surface area (Å²) in [6.45, 7) is 0.275. The molecular formula is C15H11NO2. The second kappa shape index (κ2) is 3.29. The lowest BCUT2D eigenvalue weighted by Gasteiger charge is -2.09. The molecule has 1 aliphatic rings. The summed E-state index contributed by atoms with van der Waals surface area (Å²) in [4.78, 5) is 0. The van der Waals surface area contributed by atoms with Gasteiger partial charge in [0.15, 0.2) is 11.5 Å². The zero-order valence-corrected chi connectivity index (χ0v) is 9.64. The molecule has 0 aliphatic carbocycles. The van der Waals surface area contributed by atoms with Crippen molar-refractivity contribution >= 4 is 27.2 Å². The second-order valence-electron chi connectivity index (χ2n) is 4.41. The fraction of sp³-hybridized carbons (Fsp3) is 0.0667. The smallest absolute Gasteiger partial charge is 0.231 e. The normalized spacial score (nSPS) is 13.3. The molecule has 2 N–H and O–H groups in total. The van der Waals surface area contributed by atoms with Crippen molar-refractivity contribution in [1.82, 2.24) is 0 Å². The maximum absolute atomic E-state index is 6.12. The van der Waals surface area contributed by atoms with E-state index in [-0.39, 0.29) is 6.79 Å². The number of benzene rings is 3. The average molecular weight is 237 g/mol. The highest BCUT2D eigenvalue weighted by molar-refractivity contribution is 6.16. The van der Waals surface area contributed by atoms with Gasteiger partial charge in [0.05, 0.1) is 0 Å². The molecule has 0 unspecified atom stereocenters. The standard InChI is InChI=1S/C15H11NO2/c16-12-7-9-3-1-2-4-10(9)14-11(12)5-6-13-15(14)18-8-17-13/h1-7H,8,16H2. The molecule has 88 valence electrons. The third-order valence-electron chi connectivity index (χ3n) is 3.39. The molecule has 4 rings (SSSR count). The quantitative estimate of drug-likeness (QED) is 0.482. The minimum Gasteiger partial charge on any atom is -0.454 e. The average Bonchev–Trinajstić information content (AvgIpc) is 2.86. The van der Waals surface area contributed by atoms with E-state index >= 15 is 0 Å². The first-order chi connectivity index (χ1) is 8.84. The van der Waals surface area contributed by atoms with Gasteiger partial charge in [0, 0.05) is 16.5 Å². The second-order valence-corrected chi connectivity index (χ2v) is 4.41. The highest BCUT2D eigenvalue weighted by atomic mass is 16.7. The number of rotatable bonds is 0. The van der Waals surface area contributed by atoms with E-state index in [2.05, 4.69) is 12.1 Å². The lowest BCUT2D eigenvalue weighted by atomic mass is 9.99. The number of fused-ring (bicyclic) bond motifs is 5. The van der Waals surface area contributed by atoms with Crippen molar-refractivity contribution in [3.8, 4) is 11.5 Å². The fourth-order valence-electron chi connectivity index (χ4n) is 2.58. The van der Waals surface area contributed by atoms with Crippen LogP contribution in [0.25, 0.3) is 21.5 Å². The van der Waals surface area contributed by atoms with Gasteiger partial charge in [-0.2, -0.15) is 0 Å². The van der Waals surface area contributed by atoms with Crippen molar-refractivity contribution < 1.29 is 9.47 Å². The molecule has 0 saturated carbocycles. The minimum atomic E-state index is 0.275. The molecule has 0 aromatic heterocycles. The molecule has 18 heavy (non-hydrogen) atoms. The molecule has 3 aromatic carbocycles. The number of anilines is 1. The van der Waals surface area contributed by atoms with Gasteiger partial charge in [-0.15, -0.1) is 0 Å². The molecule has 3 heteroatoms. The number of nitrogen functional groups attached to an aromatic ring is 1. The maximum Gasteiger partial charge on any atom is 0.231 e. The number of hydrogen-bond acceptors (Lipinski definition) is 3. The van der Waals surface area contributed by atoms with Crippen LogP contribution in [0.2, 0.25) is 0 Å². The summed E-state index contributed by atoms with van der Waals surface area (Å²) in [5, 5.41) is 4.31. The highest BCUT2D eigenvalue weighted by Crippen LogP contribution is 2.44. The van der Waals surface area contributed by atoms with E-state index in [0.717, 1.165) is 38.7 Å². The van der Waals surface area contributed by atoms with Crippen molar-refractivity contribution in [3.63, 3.8) is 0 Å². The molecule has 3 aromatic rings. The van der Waals surface area contributed by atoms with Crippen LogP contribution in [0, 0.1) is 0 Å². The third kappa shape index (κ3) is 1.13. The van der Waals surface area contributed by atoms with Gasteiger partial charge in [-0.25, -0.2) is 0 Å². The number of ether oxygens (including phenoxy) is 2. The van der Waals surface area contributed by atoms with E-state index in [0.29, 0.717) is 0 Å². The Morgan fingerprint density at radius 3 is 2.78 bits per heavy atom. The Kier molecular flexibility index (Phi) is 1.75. The van der Waals surface area contributed by atoms with Crippen molar-refractivity contribution in [3.05, 3.63) is 42.5 Å². The summed E-state index contributed by atoms with van der Waals surface area (Å²) in [5.74, 6) is 1.59. The van der Waals surface area contributed by atoms with Gasteiger partial charge in [0.2, 0.25) is 6.79 Å². The van der Waals surface area contributed by atoms with E-state index < -0.39 is 0 Å². The van der Waals surface area contributed by atoms with Crippen LogP contribution in [-0.4, -0.2) is 6.79 Å². The summed E-state index contributed by atoms with van der Waals surface area (Å²) in [6, 6.07) is 14.1. The predicted molar refractivity (Wildman–Crippen MR) is 72.0 cm³/mol. The van der Waals surface area contributed by atoms with Crippen molar-refractivity contribution in [1.29, 1.82) is 0 Å². The van der Waals surface area contributed by atoms with Crippen molar-refractivity contribution in [2.75, 3.05) is 12.5 Å². The van der Waals surface area contributed by atoms with Gasteiger partial charge in [-0.1, -0.05) is 24.3 Å². The molecule has 0 bridgehead atoms. The first-order valence-corrected chi connectivity index (χ1v) is 5.84. The predicted octanol–water partition coefficient (Wildman–Crippen LogP) is 3.30. The summed E-state index contributed by atoms with van der Waals surface area (Å²) in [7, 11) is 0. The summed E-state index contributed by atoms with van der Waals surface area (Å²) >= 11 is 0. The molecule has 1 heterocycles. The molecule has 0 spiro atoms. The van der Waals surface area contributed by atoms with E-state index in [1.54, 1.807) is 0 Å². The number of hydrogen-bond donors (Lipinski definition) is 1. The molecule has 0 amide bonds. The van der Waals surface area contributed by atoms with E-state index in [4.69, 9.17) is 15.2 Å². The van der Waals surface area contributed by atoms with Gasteiger partial charge in [-0.3, -0.25) is 0 Å². The first-order valence-electron chi connectivity index (χ1n) is 5.84. The summed E-state index contributed by atoms with van der Waals surface area (Å²) < 4.78 is 11.0. The summed E-state index contributed by atoms with van der Waals surface area (Å²) in [6.07, 6.45) is 0. The molecule has 0 radical (unpaired) electrons. The molecule has 0 saturated heterocycles. The molecule has 0 atom stereocenters.